The van der Waals surface area contributed by atoms with Crippen molar-refractivity contribution in [1.29, 1.82) is 0 Å². The summed E-state index contributed by atoms with van der Waals surface area (Å²) in [6, 6.07) is 0. The van der Waals surface area contributed by atoms with Crippen molar-refractivity contribution in [2.24, 2.45) is 10.8 Å². The highest BCUT2D eigenvalue weighted by Crippen LogP contribution is 1.87. The van der Waals surface area contributed by atoms with Gasteiger partial charge in [0.15, 0.2) is 0 Å². The van der Waals surface area contributed by atoms with Crippen LogP contribution in [-0.2, 0) is 4.74 Å². The highest BCUT2D eigenvalue weighted by atomic mass is 16.5. The molecule has 0 aromatic carbocycles. The van der Waals surface area contributed by atoms with Crippen LogP contribution in [-0.4, -0.2) is 32.3 Å². The Balaban J connectivity index is 3.38. The highest BCUT2D eigenvalue weighted by Gasteiger charge is 1.91. The van der Waals surface area contributed by atoms with Crippen molar-refractivity contribution < 1.29 is 4.74 Å². The minimum Gasteiger partial charge on any atom is -0.380 e. The number of ether oxygens (including phenoxy) is 1. The van der Waals surface area contributed by atoms with Gasteiger partial charge in [0.1, 0.15) is 0 Å². The number of hydrazine groups is 1. The summed E-state index contributed by atoms with van der Waals surface area (Å²) in [5, 5.41) is 2.99. The standard InChI is InChI=1S/C9H22N4O/c1-3-5-7-14-8-6-12-9(13-10)11-4-2/h3-8,10H2,1-2H3,(H2,11,12,13). The predicted octanol–water partition coefficient (Wildman–Crippen LogP) is 0.232. The van der Waals surface area contributed by atoms with Crippen molar-refractivity contribution in [2.75, 3.05) is 26.3 Å². The Morgan fingerprint density at radius 2 is 2.14 bits per heavy atom. The van der Waals surface area contributed by atoms with Gasteiger partial charge in [0.05, 0.1) is 13.2 Å². The summed E-state index contributed by atoms with van der Waals surface area (Å²) in [5.74, 6) is 5.85. The normalized spacial score (nSPS) is 11.5. The molecular weight excluding hydrogens is 180 g/mol. The van der Waals surface area contributed by atoms with Gasteiger partial charge in [-0.25, -0.2) is 10.8 Å². The summed E-state index contributed by atoms with van der Waals surface area (Å²) in [6.45, 7) is 7.04. The molecule has 0 aliphatic heterocycles. The first-order valence-corrected chi connectivity index (χ1v) is 5.17. The Bertz CT molecular complexity index is 150. The van der Waals surface area contributed by atoms with E-state index in [1.807, 2.05) is 6.92 Å². The monoisotopic (exact) mass is 202 g/mol. The second-order valence-corrected chi connectivity index (χ2v) is 2.87. The van der Waals surface area contributed by atoms with Crippen LogP contribution in [0.5, 0.6) is 0 Å². The average molecular weight is 202 g/mol. The van der Waals surface area contributed by atoms with E-state index in [2.05, 4.69) is 22.7 Å². The summed E-state index contributed by atoms with van der Waals surface area (Å²) in [5.41, 5.74) is 2.49. The maximum Gasteiger partial charge on any atom is 0.205 e. The molecule has 0 saturated heterocycles. The minimum absolute atomic E-state index is 0.617. The number of aliphatic imine (C=N–C) groups is 1. The van der Waals surface area contributed by atoms with Crippen molar-refractivity contribution in [3.8, 4) is 0 Å². The van der Waals surface area contributed by atoms with Crippen molar-refractivity contribution in [3.63, 3.8) is 0 Å². The maximum atomic E-state index is 5.34. The van der Waals surface area contributed by atoms with Crippen LogP contribution in [0.2, 0.25) is 0 Å². The number of guanidine groups is 1. The van der Waals surface area contributed by atoms with Gasteiger partial charge in [0.2, 0.25) is 5.96 Å². The zero-order valence-corrected chi connectivity index (χ0v) is 9.18. The van der Waals surface area contributed by atoms with E-state index in [1.165, 1.54) is 0 Å². The van der Waals surface area contributed by atoms with Crippen molar-refractivity contribution in [1.82, 2.24) is 10.7 Å². The summed E-state index contributed by atoms with van der Waals surface area (Å²) >= 11 is 0. The lowest BCUT2D eigenvalue weighted by Gasteiger charge is -2.06. The molecule has 0 radical (unpaired) electrons. The Kier molecular flexibility index (Phi) is 9.68. The van der Waals surface area contributed by atoms with Gasteiger partial charge in [0.25, 0.3) is 0 Å². The molecule has 0 amide bonds. The fourth-order valence-electron chi connectivity index (χ4n) is 0.890. The molecule has 14 heavy (non-hydrogen) atoms. The second kappa shape index (κ2) is 10.3. The first-order valence-electron chi connectivity index (χ1n) is 5.17. The number of hydrogen-bond acceptors (Lipinski definition) is 3. The van der Waals surface area contributed by atoms with Crippen LogP contribution in [0.25, 0.3) is 0 Å². The molecule has 0 rings (SSSR count). The molecule has 0 spiro atoms. The lowest BCUT2D eigenvalue weighted by molar-refractivity contribution is 0.139. The lowest BCUT2D eigenvalue weighted by Crippen LogP contribution is -2.41. The molecule has 0 aromatic heterocycles. The average Bonchev–Trinajstić information content (AvgIpc) is 2.21. The summed E-state index contributed by atoms with van der Waals surface area (Å²) in [6.07, 6.45) is 2.27. The molecule has 0 heterocycles. The van der Waals surface area contributed by atoms with E-state index < -0.39 is 0 Å². The number of rotatable bonds is 7. The fraction of sp³-hybridized carbons (Fsp3) is 0.889. The van der Waals surface area contributed by atoms with E-state index in [9.17, 15) is 0 Å². The van der Waals surface area contributed by atoms with Crippen molar-refractivity contribution in [2.45, 2.75) is 26.7 Å². The number of nitrogens with zero attached hydrogens (tertiary/aromatic N) is 1. The van der Waals surface area contributed by atoms with E-state index in [0.717, 1.165) is 26.0 Å². The predicted molar refractivity (Wildman–Crippen MR) is 59.0 cm³/mol. The minimum atomic E-state index is 0.617. The second-order valence-electron chi connectivity index (χ2n) is 2.87. The molecule has 0 aliphatic carbocycles. The third kappa shape index (κ3) is 7.82. The Labute approximate surface area is 86.1 Å². The molecule has 0 unspecified atom stereocenters. The summed E-state index contributed by atoms with van der Waals surface area (Å²) in [4.78, 5) is 4.17. The molecule has 84 valence electrons. The van der Waals surface area contributed by atoms with Crippen LogP contribution in [0.15, 0.2) is 4.99 Å². The van der Waals surface area contributed by atoms with Gasteiger partial charge in [-0.1, -0.05) is 13.3 Å². The van der Waals surface area contributed by atoms with Crippen LogP contribution in [0.3, 0.4) is 0 Å². The molecule has 0 bridgehead atoms. The van der Waals surface area contributed by atoms with E-state index >= 15 is 0 Å². The Hall–Kier alpha value is -0.810. The van der Waals surface area contributed by atoms with Gasteiger partial charge >= 0.3 is 0 Å². The zero-order valence-electron chi connectivity index (χ0n) is 9.18. The SMILES string of the molecule is CCCCOCCN=C(NN)NCC. The van der Waals surface area contributed by atoms with Gasteiger partial charge in [-0.15, -0.1) is 0 Å². The quantitative estimate of drug-likeness (QED) is 0.182. The van der Waals surface area contributed by atoms with Crippen molar-refractivity contribution >= 4 is 5.96 Å². The van der Waals surface area contributed by atoms with Gasteiger partial charge < -0.3 is 10.1 Å². The van der Waals surface area contributed by atoms with E-state index in [1.54, 1.807) is 0 Å². The molecule has 0 aliphatic rings. The zero-order chi connectivity index (χ0) is 10.6. The first-order chi connectivity index (χ1) is 6.85. The number of nitrogens with one attached hydrogen (secondary N) is 2. The molecule has 5 nitrogen and oxygen atoms in total. The molecule has 0 atom stereocenters. The summed E-state index contributed by atoms with van der Waals surface area (Å²) < 4.78 is 5.34. The third-order valence-electron chi connectivity index (χ3n) is 1.63. The molecule has 0 fully saturated rings. The molecule has 0 saturated carbocycles. The third-order valence-corrected chi connectivity index (χ3v) is 1.63. The van der Waals surface area contributed by atoms with Crippen LogP contribution >= 0.6 is 0 Å². The molecule has 5 heteroatoms. The molecule has 0 aromatic rings. The molecular formula is C9H22N4O. The smallest absolute Gasteiger partial charge is 0.205 e. The highest BCUT2D eigenvalue weighted by molar-refractivity contribution is 5.78. The Morgan fingerprint density at radius 1 is 1.36 bits per heavy atom. The fourth-order valence-corrected chi connectivity index (χ4v) is 0.890. The van der Waals surface area contributed by atoms with Crippen LogP contribution < -0.4 is 16.6 Å². The first kappa shape index (κ1) is 13.2. The van der Waals surface area contributed by atoms with E-state index in [-0.39, 0.29) is 0 Å². The van der Waals surface area contributed by atoms with Gasteiger partial charge in [-0.05, 0) is 13.3 Å². The van der Waals surface area contributed by atoms with Gasteiger partial charge in [-0.2, -0.15) is 0 Å². The van der Waals surface area contributed by atoms with Crippen LogP contribution in [0.1, 0.15) is 26.7 Å². The van der Waals surface area contributed by atoms with Crippen LogP contribution in [0, 0.1) is 0 Å². The summed E-state index contributed by atoms with van der Waals surface area (Å²) in [7, 11) is 0. The topological polar surface area (TPSA) is 71.7 Å². The van der Waals surface area contributed by atoms with Gasteiger partial charge in [-0.3, -0.25) is 5.43 Å². The lowest BCUT2D eigenvalue weighted by atomic mass is 10.4. The van der Waals surface area contributed by atoms with Crippen molar-refractivity contribution in [3.05, 3.63) is 0 Å². The number of unbranched alkanes of at least 4 members (excludes halogenated alkanes) is 1. The maximum absolute atomic E-state index is 5.34. The van der Waals surface area contributed by atoms with Gasteiger partial charge in [0, 0.05) is 13.2 Å². The number of hydrogen-bond donors (Lipinski definition) is 3. The van der Waals surface area contributed by atoms with Crippen LogP contribution in [0.4, 0.5) is 0 Å². The largest absolute Gasteiger partial charge is 0.380 e. The number of nitrogens with two attached hydrogens (primary N) is 1. The Morgan fingerprint density at radius 3 is 2.71 bits per heavy atom. The van der Waals surface area contributed by atoms with E-state index in [0.29, 0.717) is 19.1 Å². The van der Waals surface area contributed by atoms with E-state index in [4.69, 9.17) is 10.6 Å². The molecule has 4 N–H and O–H groups in total.